The molecule has 0 bridgehead atoms. The zero-order valence-corrected chi connectivity index (χ0v) is 15.1. The number of nitrogens with zero attached hydrogens (tertiary/aromatic N) is 5. The van der Waals surface area contributed by atoms with E-state index in [1.54, 1.807) is 22.8 Å². The zero-order valence-electron chi connectivity index (χ0n) is 14.3. The Labute approximate surface area is 156 Å². The first-order valence-electron chi connectivity index (χ1n) is 8.64. The molecular formula is C18H20N6OS. The summed E-state index contributed by atoms with van der Waals surface area (Å²) >= 11 is 1.60. The van der Waals surface area contributed by atoms with E-state index in [0.717, 1.165) is 35.9 Å². The van der Waals surface area contributed by atoms with E-state index in [1.165, 1.54) is 6.33 Å². The van der Waals surface area contributed by atoms with E-state index in [2.05, 4.69) is 25.3 Å². The number of benzene rings is 1. The van der Waals surface area contributed by atoms with E-state index in [-0.39, 0.29) is 11.9 Å². The predicted octanol–water partition coefficient (Wildman–Crippen LogP) is 2.18. The molecule has 2 aliphatic rings. The predicted molar refractivity (Wildman–Crippen MR) is 101 cm³/mol. The minimum atomic E-state index is -0.0609. The molecule has 0 unspecified atom stereocenters. The van der Waals surface area contributed by atoms with E-state index in [1.807, 2.05) is 35.7 Å². The van der Waals surface area contributed by atoms with E-state index in [4.69, 9.17) is 0 Å². The third-order valence-corrected chi connectivity index (χ3v) is 5.39. The van der Waals surface area contributed by atoms with Gasteiger partial charge < -0.3 is 10.2 Å². The fourth-order valence-electron chi connectivity index (χ4n) is 3.14. The molecule has 1 amide bonds. The highest BCUT2D eigenvalue weighted by Crippen LogP contribution is 2.31. The first kappa shape index (κ1) is 16.8. The number of aryl methyl sites for hydroxylation is 1. The molecule has 1 aromatic heterocycles. The maximum atomic E-state index is 12.7. The second-order valence-corrected chi connectivity index (χ2v) is 7.03. The Morgan fingerprint density at radius 1 is 1.31 bits per heavy atom. The van der Waals surface area contributed by atoms with E-state index < -0.39 is 0 Å². The van der Waals surface area contributed by atoms with Gasteiger partial charge in [-0.1, -0.05) is 42.1 Å². The summed E-state index contributed by atoms with van der Waals surface area (Å²) < 4.78 is 1.78. The SMILES string of the molecule is O=C(CC1=CSC2=NCCN12)N[C@H](CCn1cncn1)c1ccccc1. The summed E-state index contributed by atoms with van der Waals surface area (Å²) in [6.45, 7) is 2.38. The monoisotopic (exact) mass is 368 g/mol. The van der Waals surface area contributed by atoms with Crippen molar-refractivity contribution in [2.45, 2.75) is 25.4 Å². The van der Waals surface area contributed by atoms with Crippen molar-refractivity contribution < 1.29 is 4.79 Å². The van der Waals surface area contributed by atoms with Gasteiger partial charge in [0.1, 0.15) is 12.7 Å². The van der Waals surface area contributed by atoms with Crippen LogP contribution < -0.4 is 5.32 Å². The molecule has 2 aliphatic heterocycles. The van der Waals surface area contributed by atoms with Crippen LogP contribution in [0, 0.1) is 0 Å². The Bertz CT molecular complexity index is 817. The average molecular weight is 368 g/mol. The second-order valence-electron chi connectivity index (χ2n) is 6.20. The fourth-order valence-corrected chi connectivity index (χ4v) is 4.10. The summed E-state index contributed by atoms with van der Waals surface area (Å²) in [6, 6.07) is 9.99. The summed E-state index contributed by atoms with van der Waals surface area (Å²) in [6.07, 6.45) is 4.34. The van der Waals surface area contributed by atoms with Crippen LogP contribution in [0.1, 0.15) is 24.4 Å². The van der Waals surface area contributed by atoms with Crippen molar-refractivity contribution in [2.75, 3.05) is 13.1 Å². The van der Waals surface area contributed by atoms with Gasteiger partial charge in [0.2, 0.25) is 5.91 Å². The molecule has 2 aromatic rings. The van der Waals surface area contributed by atoms with Crippen molar-refractivity contribution in [3.05, 3.63) is 59.7 Å². The number of hydrogen-bond acceptors (Lipinski definition) is 6. The van der Waals surface area contributed by atoms with Crippen molar-refractivity contribution in [1.82, 2.24) is 25.0 Å². The quantitative estimate of drug-likeness (QED) is 0.811. The van der Waals surface area contributed by atoms with Crippen LogP contribution in [-0.4, -0.2) is 43.8 Å². The number of amidine groups is 1. The van der Waals surface area contributed by atoms with Crippen LogP contribution in [0.5, 0.6) is 0 Å². The number of nitrogens with one attached hydrogen (secondary N) is 1. The highest BCUT2D eigenvalue weighted by atomic mass is 32.2. The molecule has 1 N–H and O–H groups in total. The lowest BCUT2D eigenvalue weighted by Gasteiger charge is -2.21. The number of thioether (sulfide) groups is 1. The van der Waals surface area contributed by atoms with Crippen LogP contribution in [0.2, 0.25) is 0 Å². The number of amides is 1. The van der Waals surface area contributed by atoms with Crippen molar-refractivity contribution in [3.8, 4) is 0 Å². The Morgan fingerprint density at radius 3 is 3.00 bits per heavy atom. The van der Waals surface area contributed by atoms with Gasteiger partial charge in [0.05, 0.1) is 19.0 Å². The minimum absolute atomic E-state index is 0.0254. The molecule has 1 aromatic carbocycles. The molecule has 0 spiro atoms. The number of aliphatic imine (C=N–C) groups is 1. The number of fused-ring (bicyclic) bond motifs is 1. The van der Waals surface area contributed by atoms with Gasteiger partial charge in [0.25, 0.3) is 0 Å². The molecule has 4 rings (SSSR count). The lowest BCUT2D eigenvalue weighted by atomic mass is 10.0. The number of carbonyl (C=O) groups excluding carboxylic acids is 1. The summed E-state index contributed by atoms with van der Waals surface area (Å²) in [5.41, 5.74) is 2.13. The fraction of sp³-hybridized carbons (Fsp3) is 0.333. The molecule has 8 heteroatoms. The lowest BCUT2D eigenvalue weighted by molar-refractivity contribution is -0.121. The molecule has 0 radical (unpaired) electrons. The van der Waals surface area contributed by atoms with Gasteiger partial charge in [0.15, 0.2) is 5.17 Å². The van der Waals surface area contributed by atoms with Gasteiger partial charge in [-0.15, -0.1) is 0 Å². The molecule has 7 nitrogen and oxygen atoms in total. The smallest absolute Gasteiger partial charge is 0.226 e. The summed E-state index contributed by atoms with van der Waals surface area (Å²) in [5.74, 6) is 0.0254. The number of rotatable bonds is 7. The van der Waals surface area contributed by atoms with Crippen molar-refractivity contribution in [3.63, 3.8) is 0 Å². The summed E-state index contributed by atoms with van der Waals surface area (Å²) in [5, 5.41) is 10.4. The standard InChI is InChI=1S/C18H20N6OS/c25-17(10-15-11-26-18-20-7-9-24(15)18)22-16(14-4-2-1-3-5-14)6-8-23-13-19-12-21-23/h1-5,11-13,16H,6-10H2,(H,22,25)/t16-/m1/s1. The Hall–Kier alpha value is -2.61. The zero-order chi connectivity index (χ0) is 17.8. The molecule has 0 aliphatic carbocycles. The third-order valence-electron chi connectivity index (χ3n) is 4.44. The van der Waals surface area contributed by atoms with Gasteiger partial charge in [-0.2, -0.15) is 5.10 Å². The topological polar surface area (TPSA) is 75.4 Å². The van der Waals surface area contributed by atoms with Crippen molar-refractivity contribution in [2.24, 2.45) is 4.99 Å². The van der Waals surface area contributed by atoms with Gasteiger partial charge in [-0.05, 0) is 17.4 Å². The van der Waals surface area contributed by atoms with E-state index in [0.29, 0.717) is 13.0 Å². The molecule has 134 valence electrons. The van der Waals surface area contributed by atoms with Crippen LogP contribution in [0.4, 0.5) is 0 Å². The van der Waals surface area contributed by atoms with Crippen LogP contribution in [0.3, 0.4) is 0 Å². The number of aromatic nitrogens is 3. The van der Waals surface area contributed by atoms with Crippen molar-refractivity contribution >= 4 is 22.8 Å². The molecular weight excluding hydrogens is 348 g/mol. The normalized spacial score (nSPS) is 16.8. The first-order chi connectivity index (χ1) is 12.8. The number of carbonyl (C=O) groups is 1. The Balaban J connectivity index is 1.40. The van der Waals surface area contributed by atoms with Crippen LogP contribution in [0.25, 0.3) is 0 Å². The minimum Gasteiger partial charge on any atom is -0.349 e. The molecule has 0 saturated heterocycles. The highest BCUT2D eigenvalue weighted by molar-refractivity contribution is 8.16. The third kappa shape index (κ3) is 3.80. The molecule has 0 fully saturated rings. The average Bonchev–Trinajstić information content (AvgIpc) is 3.39. The van der Waals surface area contributed by atoms with Gasteiger partial charge in [0, 0.05) is 18.8 Å². The summed E-state index contributed by atoms with van der Waals surface area (Å²) in [4.78, 5) is 23.2. The molecule has 26 heavy (non-hydrogen) atoms. The maximum absolute atomic E-state index is 12.7. The Kier molecular flexibility index (Phi) is 5.01. The van der Waals surface area contributed by atoms with E-state index >= 15 is 0 Å². The van der Waals surface area contributed by atoms with Gasteiger partial charge in [-0.3, -0.25) is 14.5 Å². The molecule has 0 saturated carbocycles. The van der Waals surface area contributed by atoms with Crippen LogP contribution in [-0.2, 0) is 11.3 Å². The van der Waals surface area contributed by atoms with Crippen LogP contribution >= 0.6 is 11.8 Å². The van der Waals surface area contributed by atoms with Crippen LogP contribution in [0.15, 0.2) is 59.1 Å². The molecule has 3 heterocycles. The van der Waals surface area contributed by atoms with Gasteiger partial charge in [-0.25, -0.2) is 4.98 Å². The highest BCUT2D eigenvalue weighted by Gasteiger charge is 2.28. The van der Waals surface area contributed by atoms with Crippen molar-refractivity contribution in [1.29, 1.82) is 0 Å². The Morgan fingerprint density at radius 2 is 2.19 bits per heavy atom. The first-order valence-corrected chi connectivity index (χ1v) is 9.52. The largest absolute Gasteiger partial charge is 0.349 e. The van der Waals surface area contributed by atoms with Gasteiger partial charge >= 0.3 is 0 Å². The van der Waals surface area contributed by atoms with E-state index in [9.17, 15) is 4.79 Å². The summed E-state index contributed by atoms with van der Waals surface area (Å²) in [7, 11) is 0. The second kappa shape index (κ2) is 7.74. The maximum Gasteiger partial charge on any atom is 0.226 e. The number of hydrogen-bond donors (Lipinski definition) is 1. The molecule has 1 atom stereocenters. The lowest BCUT2D eigenvalue weighted by Crippen LogP contribution is -2.32.